The first-order valence-corrected chi connectivity index (χ1v) is 33.6. The van der Waals surface area contributed by atoms with Crippen LogP contribution in [0.5, 0.6) is 0 Å². The van der Waals surface area contributed by atoms with E-state index in [1.54, 1.807) is 60.7 Å². The van der Waals surface area contributed by atoms with Crippen LogP contribution in [0, 0.1) is 5.92 Å². The molecule has 0 saturated carbocycles. The Balaban J connectivity index is 1.56. The van der Waals surface area contributed by atoms with Gasteiger partial charge < -0.3 is 92.5 Å². The fourth-order valence-corrected chi connectivity index (χ4v) is 11.5. The van der Waals surface area contributed by atoms with Crippen molar-refractivity contribution in [3.8, 4) is 0 Å². The highest BCUT2D eigenvalue weighted by Gasteiger charge is 2.42. The molecule has 22 N–H and O–H groups in total. The van der Waals surface area contributed by atoms with Crippen LogP contribution in [0.1, 0.15) is 121 Å². The maximum Gasteiger partial charge on any atom is 0.245 e. The second-order valence-electron chi connectivity index (χ2n) is 24.1. The van der Waals surface area contributed by atoms with Crippen LogP contribution < -0.4 is 82.7 Å². The third-order valence-electron chi connectivity index (χ3n) is 16.0. The SMILES string of the molecule is CSCC[C@H](NC(=O)[C@H](CC(C)C)NC(=O)CNC(=O)[C@H](Cc1ccccc1)NC(=O)[C@H](Cc1ccccc1)NC(=O)[C@@H](CCC(N)=O)NC(=O)[C@H](CCC(N)=O)NC(=O)[C@H]1CCCN1C(=O)[C@@H](CCCCN)NC(=O)[C@H]1CCCN1C(=O)[C@@H](N)CCCN=C(N)N)C(N)=O. The number of unbranched alkanes of at least 4 members (excludes halogenated alkanes) is 1. The number of benzene rings is 2. The minimum atomic E-state index is -1.64. The average molecular weight is 1350 g/mol. The van der Waals surface area contributed by atoms with E-state index in [9.17, 15) is 62.3 Å². The molecule has 95 heavy (non-hydrogen) atoms. The molecule has 0 spiro atoms. The Labute approximate surface area is 558 Å². The zero-order valence-corrected chi connectivity index (χ0v) is 55.3. The second-order valence-corrected chi connectivity index (χ2v) is 25.1. The lowest BCUT2D eigenvalue weighted by Gasteiger charge is -2.32. The van der Waals surface area contributed by atoms with Crippen molar-refractivity contribution in [3.05, 3.63) is 71.8 Å². The zero-order valence-electron chi connectivity index (χ0n) is 54.5. The standard InChI is InChI=1S/C63H98N18O13S/c1-37(2)33-45(57(89)74-41(53(68)85)27-32-95-3)73-52(84)36-72-54(86)46(34-38-15-6-4-7-16-38)78-58(90)47(35-39-17-8-5-9-18-39)79-56(88)42(23-25-50(66)82)75-55(87)43(24-26-51(67)83)76-59(91)49-22-14-31-81(49)62(94)44(20-10-11-28-64)77-60(92)48-21-13-30-80(48)61(93)40(65)19-12-29-71-63(69)70/h4-9,15-18,37,40-49H,10-14,19-36,64-65H2,1-3H3,(H2,66,82)(H2,67,83)(H2,68,85)(H,72,86)(H,73,84)(H,74,89)(H,75,87)(H,76,91)(H,77,92)(H,78,90)(H,79,88)(H4,69,70,71)/t40-,41-,42+,43-,44+,45-,46-,47-,48+,49+/m0/s1. The number of hydrogen-bond acceptors (Lipinski definition) is 17. The first kappa shape index (κ1) is 78.5. The number of rotatable bonds is 42. The van der Waals surface area contributed by atoms with E-state index < -0.39 is 169 Å². The van der Waals surface area contributed by atoms with E-state index in [1.807, 2.05) is 20.1 Å². The molecule has 0 aliphatic carbocycles. The van der Waals surface area contributed by atoms with Crippen molar-refractivity contribution in [2.45, 2.75) is 183 Å². The van der Waals surface area contributed by atoms with Crippen molar-refractivity contribution < 1.29 is 62.3 Å². The van der Waals surface area contributed by atoms with E-state index in [0.29, 0.717) is 55.4 Å². The summed E-state index contributed by atoms with van der Waals surface area (Å²) in [5, 5.41) is 21.1. The molecule has 0 unspecified atom stereocenters. The van der Waals surface area contributed by atoms with Gasteiger partial charge in [0, 0.05) is 45.3 Å². The number of carbonyl (C=O) groups excluding carboxylic acids is 13. The van der Waals surface area contributed by atoms with Gasteiger partial charge in [-0.15, -0.1) is 0 Å². The second kappa shape index (κ2) is 41.0. The molecule has 524 valence electrons. The van der Waals surface area contributed by atoms with Gasteiger partial charge in [0.25, 0.3) is 0 Å². The molecule has 2 aromatic rings. The molecule has 10 atom stereocenters. The van der Waals surface area contributed by atoms with E-state index >= 15 is 0 Å². The monoisotopic (exact) mass is 1350 g/mol. The van der Waals surface area contributed by atoms with Gasteiger partial charge in [-0.05, 0) is 119 Å². The van der Waals surface area contributed by atoms with Crippen molar-refractivity contribution in [2.24, 2.45) is 51.0 Å². The first-order chi connectivity index (χ1) is 45.2. The Kier molecular flexibility index (Phi) is 33.9. The van der Waals surface area contributed by atoms with Crippen molar-refractivity contribution in [1.82, 2.24) is 52.3 Å². The van der Waals surface area contributed by atoms with Gasteiger partial charge in [-0.3, -0.25) is 67.3 Å². The van der Waals surface area contributed by atoms with Crippen LogP contribution >= 0.6 is 11.8 Å². The van der Waals surface area contributed by atoms with Crippen LogP contribution in [0.4, 0.5) is 0 Å². The molecule has 2 heterocycles. The lowest BCUT2D eigenvalue weighted by atomic mass is 10.0. The topological polar surface area (TPSA) is 519 Å². The number of primary amides is 3. The number of carbonyl (C=O) groups is 13. The Hall–Kier alpha value is -8.91. The molecule has 4 rings (SSSR count). The van der Waals surface area contributed by atoms with Crippen LogP contribution in [0.15, 0.2) is 65.7 Å². The van der Waals surface area contributed by atoms with E-state index in [-0.39, 0.29) is 83.0 Å². The molecule has 31 nitrogen and oxygen atoms in total. The number of guanidine groups is 1. The molecule has 32 heteroatoms. The normalized spacial score (nSPS) is 16.8. The highest BCUT2D eigenvalue weighted by Crippen LogP contribution is 2.24. The van der Waals surface area contributed by atoms with Crippen molar-refractivity contribution in [3.63, 3.8) is 0 Å². The van der Waals surface area contributed by atoms with Crippen LogP contribution in [-0.4, -0.2) is 198 Å². The summed E-state index contributed by atoms with van der Waals surface area (Å²) < 4.78 is 0. The number of amides is 13. The largest absolute Gasteiger partial charge is 0.370 e. The summed E-state index contributed by atoms with van der Waals surface area (Å²) in [5.74, 6) is -9.80. The number of aliphatic imine (C=N–C) groups is 1. The van der Waals surface area contributed by atoms with Gasteiger partial charge in [0.2, 0.25) is 76.8 Å². The lowest BCUT2D eigenvalue weighted by molar-refractivity contribution is -0.144. The molecule has 0 radical (unpaired) electrons. The van der Waals surface area contributed by atoms with Crippen molar-refractivity contribution in [2.75, 3.05) is 44.7 Å². The third kappa shape index (κ3) is 27.5. The van der Waals surface area contributed by atoms with Gasteiger partial charge in [0.15, 0.2) is 5.96 Å². The molecule has 2 aliphatic heterocycles. The number of nitrogens with one attached hydrogen (secondary N) is 8. The fourth-order valence-electron chi connectivity index (χ4n) is 11.0. The molecule has 2 saturated heterocycles. The predicted molar refractivity (Wildman–Crippen MR) is 356 cm³/mol. The molecule has 0 bridgehead atoms. The number of nitrogens with two attached hydrogens (primary N) is 7. The van der Waals surface area contributed by atoms with E-state index in [4.69, 9.17) is 40.1 Å². The molecule has 13 amide bonds. The summed E-state index contributed by atoms with van der Waals surface area (Å²) in [6.07, 6.45) is 3.12. The number of nitrogens with zero attached hydrogens (tertiary/aromatic N) is 3. The number of thioether (sulfide) groups is 1. The summed E-state index contributed by atoms with van der Waals surface area (Å²) in [5.41, 5.74) is 40.6. The molecular formula is C63H98N18O13S. The maximum atomic E-state index is 14.7. The summed E-state index contributed by atoms with van der Waals surface area (Å²) in [4.78, 5) is 185. The highest BCUT2D eigenvalue weighted by molar-refractivity contribution is 7.98. The van der Waals surface area contributed by atoms with Gasteiger partial charge in [-0.25, -0.2) is 0 Å². The van der Waals surface area contributed by atoms with Crippen molar-refractivity contribution in [1.29, 1.82) is 0 Å². The summed E-state index contributed by atoms with van der Waals surface area (Å²) in [6.45, 7) is 3.86. The molecule has 0 aromatic heterocycles. The Morgan fingerprint density at radius 1 is 0.537 bits per heavy atom. The maximum absolute atomic E-state index is 14.7. The van der Waals surface area contributed by atoms with Crippen LogP contribution in [0.3, 0.4) is 0 Å². The van der Waals surface area contributed by atoms with Gasteiger partial charge in [-0.1, -0.05) is 74.5 Å². The molecule has 2 fully saturated rings. The zero-order chi connectivity index (χ0) is 70.1. The van der Waals surface area contributed by atoms with Gasteiger partial charge >= 0.3 is 0 Å². The first-order valence-electron chi connectivity index (χ1n) is 32.2. The number of likely N-dealkylation sites (tertiary alicyclic amines) is 2. The van der Waals surface area contributed by atoms with Gasteiger partial charge in [-0.2, -0.15) is 11.8 Å². The average Bonchev–Trinajstić information content (AvgIpc) is 1.74. The van der Waals surface area contributed by atoms with Gasteiger partial charge in [0.05, 0.1) is 12.6 Å². The van der Waals surface area contributed by atoms with Crippen LogP contribution in [-0.2, 0) is 75.2 Å². The lowest BCUT2D eigenvalue weighted by Crippen LogP contribution is -2.60. The fraction of sp³-hybridized carbons (Fsp3) is 0.587. The highest BCUT2D eigenvalue weighted by atomic mass is 32.2. The van der Waals surface area contributed by atoms with Gasteiger partial charge in [0.1, 0.15) is 54.4 Å². The number of hydrogen-bond donors (Lipinski definition) is 15. The predicted octanol–water partition coefficient (Wildman–Crippen LogP) is -3.71. The van der Waals surface area contributed by atoms with Crippen molar-refractivity contribution >= 4 is 94.5 Å². The third-order valence-corrected chi connectivity index (χ3v) is 16.7. The summed E-state index contributed by atoms with van der Waals surface area (Å²) in [7, 11) is 0. The van der Waals surface area contributed by atoms with E-state index in [2.05, 4.69) is 47.5 Å². The quantitative estimate of drug-likeness (QED) is 0.0173. The molecular weight excluding hydrogens is 1250 g/mol. The van der Waals surface area contributed by atoms with Crippen LogP contribution in [0.2, 0.25) is 0 Å². The van der Waals surface area contributed by atoms with Crippen LogP contribution in [0.25, 0.3) is 0 Å². The summed E-state index contributed by atoms with van der Waals surface area (Å²) >= 11 is 1.45. The summed E-state index contributed by atoms with van der Waals surface area (Å²) in [6, 6.07) is 4.51. The minimum Gasteiger partial charge on any atom is -0.370 e. The molecule has 2 aromatic carbocycles. The van der Waals surface area contributed by atoms with E-state index in [0.717, 1.165) is 0 Å². The Morgan fingerprint density at radius 3 is 1.51 bits per heavy atom. The van der Waals surface area contributed by atoms with E-state index in [1.165, 1.54) is 21.6 Å². The minimum absolute atomic E-state index is 0.0736. The Bertz CT molecular complexity index is 2960. The Morgan fingerprint density at radius 2 is 1.01 bits per heavy atom. The molecule has 2 aliphatic rings. The smallest absolute Gasteiger partial charge is 0.245 e.